The van der Waals surface area contributed by atoms with E-state index in [1.165, 1.54) is 18.4 Å². The zero-order chi connectivity index (χ0) is 19.1. The van der Waals surface area contributed by atoms with Gasteiger partial charge < -0.3 is 10.1 Å². The van der Waals surface area contributed by atoms with Gasteiger partial charge in [-0.05, 0) is 51.1 Å². The number of carbonyl (C=O) groups is 1. The van der Waals surface area contributed by atoms with E-state index in [9.17, 15) is 4.79 Å². The summed E-state index contributed by atoms with van der Waals surface area (Å²) in [7, 11) is 1.71. The van der Waals surface area contributed by atoms with Crippen LogP contribution in [-0.4, -0.2) is 43.3 Å². The average Bonchev–Trinajstić information content (AvgIpc) is 3.22. The van der Waals surface area contributed by atoms with E-state index in [0.29, 0.717) is 12.3 Å². The van der Waals surface area contributed by atoms with Gasteiger partial charge >= 0.3 is 0 Å². The van der Waals surface area contributed by atoms with Crippen LogP contribution in [0.15, 0.2) is 53.4 Å². The Morgan fingerprint density at radius 2 is 1.85 bits per heavy atom. The van der Waals surface area contributed by atoms with Crippen LogP contribution in [0.25, 0.3) is 0 Å². The van der Waals surface area contributed by atoms with Gasteiger partial charge in [0.1, 0.15) is 5.75 Å². The molecule has 1 heterocycles. The van der Waals surface area contributed by atoms with Crippen LogP contribution in [0, 0.1) is 6.92 Å². The molecule has 0 bridgehead atoms. The minimum Gasteiger partial charge on any atom is -0.496 e. The maximum Gasteiger partial charge on any atom is 0.230 e. The summed E-state index contributed by atoms with van der Waals surface area (Å²) < 4.78 is 5.56. The number of carbonyl (C=O) groups excluding carboxylic acids is 1. The molecule has 0 aliphatic carbocycles. The Balaban J connectivity index is 1.60. The van der Waals surface area contributed by atoms with Gasteiger partial charge in [-0.15, -0.1) is 11.8 Å². The van der Waals surface area contributed by atoms with Crippen molar-refractivity contribution in [1.29, 1.82) is 0 Å². The average molecular weight is 385 g/mol. The molecule has 0 aromatic heterocycles. The van der Waals surface area contributed by atoms with Gasteiger partial charge in [-0.25, -0.2) is 0 Å². The molecule has 1 aliphatic heterocycles. The fourth-order valence-electron chi connectivity index (χ4n) is 3.48. The Bertz CT molecular complexity index is 742. The van der Waals surface area contributed by atoms with Crippen molar-refractivity contribution in [3.05, 3.63) is 59.7 Å². The Labute approximate surface area is 166 Å². The third-order valence-electron chi connectivity index (χ3n) is 4.96. The van der Waals surface area contributed by atoms with Crippen LogP contribution in [0.4, 0.5) is 0 Å². The van der Waals surface area contributed by atoms with Gasteiger partial charge in [-0.2, -0.15) is 0 Å². The first-order chi connectivity index (χ1) is 13.2. The number of para-hydroxylation sites is 1. The molecule has 1 fully saturated rings. The molecule has 1 atom stereocenters. The number of amides is 1. The van der Waals surface area contributed by atoms with Crippen LogP contribution in [0.5, 0.6) is 5.75 Å². The van der Waals surface area contributed by atoms with E-state index >= 15 is 0 Å². The van der Waals surface area contributed by atoms with E-state index in [2.05, 4.69) is 47.5 Å². The van der Waals surface area contributed by atoms with E-state index < -0.39 is 0 Å². The number of benzene rings is 2. The van der Waals surface area contributed by atoms with Crippen molar-refractivity contribution < 1.29 is 9.53 Å². The van der Waals surface area contributed by atoms with E-state index in [-0.39, 0.29) is 11.9 Å². The van der Waals surface area contributed by atoms with Gasteiger partial charge in [0.2, 0.25) is 5.91 Å². The number of nitrogens with zero attached hydrogens (tertiary/aromatic N) is 1. The Morgan fingerprint density at radius 1 is 1.15 bits per heavy atom. The zero-order valence-electron chi connectivity index (χ0n) is 16.1. The summed E-state index contributed by atoms with van der Waals surface area (Å²) in [5.74, 6) is 1.39. The predicted octanol–water partition coefficient (Wildman–Crippen LogP) is 4.05. The largest absolute Gasteiger partial charge is 0.496 e. The second kappa shape index (κ2) is 9.81. The van der Waals surface area contributed by atoms with Crippen molar-refractivity contribution in [2.24, 2.45) is 0 Å². The monoisotopic (exact) mass is 384 g/mol. The number of hydrogen-bond acceptors (Lipinski definition) is 4. The minimum absolute atomic E-state index is 0.0691. The molecule has 1 aliphatic rings. The number of thioether (sulfide) groups is 1. The van der Waals surface area contributed by atoms with Crippen LogP contribution in [0.1, 0.15) is 30.0 Å². The molecule has 1 saturated heterocycles. The van der Waals surface area contributed by atoms with Crippen molar-refractivity contribution in [3.63, 3.8) is 0 Å². The first-order valence-electron chi connectivity index (χ1n) is 9.50. The van der Waals surface area contributed by atoms with Crippen molar-refractivity contribution in [2.75, 3.05) is 32.5 Å². The molecule has 0 radical (unpaired) electrons. The molecule has 0 saturated carbocycles. The second-order valence-electron chi connectivity index (χ2n) is 6.91. The first-order valence-corrected chi connectivity index (χ1v) is 10.5. The summed E-state index contributed by atoms with van der Waals surface area (Å²) in [5.41, 5.74) is 2.38. The van der Waals surface area contributed by atoms with E-state index in [1.807, 2.05) is 18.2 Å². The number of likely N-dealkylation sites (tertiary alicyclic amines) is 1. The lowest BCUT2D eigenvalue weighted by Crippen LogP contribution is -2.37. The maximum atomic E-state index is 12.4. The lowest BCUT2D eigenvalue weighted by atomic mass is 10.0. The summed E-state index contributed by atoms with van der Waals surface area (Å²) in [4.78, 5) is 16.0. The lowest BCUT2D eigenvalue weighted by Gasteiger charge is -2.29. The quantitative estimate of drug-likeness (QED) is 0.697. The molecule has 1 N–H and O–H groups in total. The molecule has 1 amide bonds. The van der Waals surface area contributed by atoms with Crippen LogP contribution in [-0.2, 0) is 4.79 Å². The highest BCUT2D eigenvalue weighted by Crippen LogP contribution is 2.31. The van der Waals surface area contributed by atoms with Gasteiger partial charge in [0.05, 0.1) is 18.9 Å². The number of nitrogens with one attached hydrogen (secondary N) is 1. The fraction of sp³-hybridized carbons (Fsp3) is 0.409. The molecule has 3 rings (SSSR count). The maximum absolute atomic E-state index is 12.4. The van der Waals surface area contributed by atoms with Crippen molar-refractivity contribution in [2.45, 2.75) is 30.7 Å². The summed E-state index contributed by atoms with van der Waals surface area (Å²) in [6.45, 7) is 4.80. The van der Waals surface area contributed by atoms with Crippen LogP contribution in [0.3, 0.4) is 0 Å². The summed E-state index contributed by atoms with van der Waals surface area (Å²) in [5, 5.41) is 3.13. The molecule has 144 valence electrons. The topological polar surface area (TPSA) is 41.6 Å². The van der Waals surface area contributed by atoms with Crippen LogP contribution in [0.2, 0.25) is 0 Å². The molecule has 2 aromatic rings. The molecular formula is C22H28N2O2S. The first kappa shape index (κ1) is 19.8. The highest BCUT2D eigenvalue weighted by molar-refractivity contribution is 8.00. The van der Waals surface area contributed by atoms with Gasteiger partial charge in [0.25, 0.3) is 0 Å². The van der Waals surface area contributed by atoms with Crippen molar-refractivity contribution >= 4 is 17.7 Å². The van der Waals surface area contributed by atoms with Crippen molar-refractivity contribution in [3.8, 4) is 5.75 Å². The summed E-state index contributed by atoms with van der Waals surface area (Å²) in [6.07, 6.45) is 2.42. The van der Waals surface area contributed by atoms with Gasteiger partial charge in [0, 0.05) is 17.0 Å². The standard InChI is InChI=1S/C22H28N2O2S/c1-17-9-11-18(12-10-17)27-16-22(25)23-15-20(24-13-5-6-14-24)19-7-3-4-8-21(19)26-2/h3-4,7-12,20H,5-6,13-16H2,1-2H3,(H,23,25). The molecular weight excluding hydrogens is 356 g/mol. The van der Waals surface area contributed by atoms with Crippen LogP contribution >= 0.6 is 11.8 Å². The lowest BCUT2D eigenvalue weighted by molar-refractivity contribution is -0.118. The molecule has 27 heavy (non-hydrogen) atoms. The summed E-state index contributed by atoms with van der Waals surface area (Å²) >= 11 is 1.57. The number of ether oxygens (including phenoxy) is 1. The number of methoxy groups -OCH3 is 1. The fourth-order valence-corrected chi connectivity index (χ4v) is 4.20. The summed E-state index contributed by atoms with van der Waals surface area (Å²) in [6, 6.07) is 16.6. The van der Waals surface area contributed by atoms with Gasteiger partial charge in [-0.1, -0.05) is 35.9 Å². The molecule has 5 heteroatoms. The molecule has 2 aromatic carbocycles. The van der Waals surface area contributed by atoms with E-state index in [0.717, 1.165) is 29.3 Å². The third-order valence-corrected chi connectivity index (χ3v) is 5.97. The highest BCUT2D eigenvalue weighted by atomic mass is 32.2. The van der Waals surface area contributed by atoms with Gasteiger partial charge in [0.15, 0.2) is 0 Å². The number of hydrogen-bond donors (Lipinski definition) is 1. The Kier molecular flexibility index (Phi) is 7.18. The van der Waals surface area contributed by atoms with Crippen LogP contribution < -0.4 is 10.1 Å². The smallest absolute Gasteiger partial charge is 0.230 e. The highest BCUT2D eigenvalue weighted by Gasteiger charge is 2.26. The zero-order valence-corrected chi connectivity index (χ0v) is 16.9. The Morgan fingerprint density at radius 3 is 2.56 bits per heavy atom. The third kappa shape index (κ3) is 5.50. The second-order valence-corrected chi connectivity index (χ2v) is 7.96. The predicted molar refractivity (Wildman–Crippen MR) is 111 cm³/mol. The van der Waals surface area contributed by atoms with Crippen molar-refractivity contribution in [1.82, 2.24) is 10.2 Å². The Hall–Kier alpha value is -1.98. The SMILES string of the molecule is COc1ccccc1C(CNC(=O)CSc1ccc(C)cc1)N1CCCC1. The molecule has 4 nitrogen and oxygen atoms in total. The number of rotatable bonds is 8. The molecule has 1 unspecified atom stereocenters. The normalized spacial score (nSPS) is 15.5. The minimum atomic E-state index is 0.0691. The van der Waals surface area contributed by atoms with Gasteiger partial charge in [-0.3, -0.25) is 9.69 Å². The number of aryl methyl sites for hydroxylation is 1. The van der Waals surface area contributed by atoms with E-state index in [4.69, 9.17) is 4.74 Å². The van der Waals surface area contributed by atoms with E-state index in [1.54, 1.807) is 18.9 Å². The molecule has 0 spiro atoms.